The summed E-state index contributed by atoms with van der Waals surface area (Å²) in [6.07, 6.45) is 9.64. The molecule has 4 fully saturated rings. The molecule has 0 unspecified atom stereocenters. The molecular weight excluding hydrogens is 366 g/mol. The van der Waals surface area contributed by atoms with Gasteiger partial charge in [-0.05, 0) is 80.4 Å². The maximum atomic E-state index is 12.0. The summed E-state index contributed by atoms with van der Waals surface area (Å²) in [6.45, 7) is 2.10. The first kappa shape index (κ1) is 18.3. The highest BCUT2D eigenvalue weighted by Crippen LogP contribution is 2.57. The maximum absolute atomic E-state index is 12.0. The number of hydrogen-bond donors (Lipinski definition) is 2. The van der Waals surface area contributed by atoms with Crippen LogP contribution < -0.4 is 10.6 Å². The van der Waals surface area contributed by atoms with Crippen LogP contribution in [0.5, 0.6) is 0 Å². The van der Waals surface area contributed by atoms with Gasteiger partial charge in [-0.2, -0.15) is 0 Å². The highest BCUT2D eigenvalue weighted by molar-refractivity contribution is 5.74. The van der Waals surface area contributed by atoms with E-state index in [1.54, 1.807) is 0 Å². The molecule has 2 N–H and O–H groups in total. The SMILES string of the molecule is CCc1ccc(Nc2ncnc(NC34CC5CC(CC(C5)C3)C4)c2[N+](=O)[O-])cc1. The zero-order valence-corrected chi connectivity index (χ0v) is 16.7. The van der Waals surface area contributed by atoms with Gasteiger partial charge in [0.25, 0.3) is 0 Å². The van der Waals surface area contributed by atoms with E-state index in [0.717, 1.165) is 49.1 Å². The van der Waals surface area contributed by atoms with E-state index < -0.39 is 0 Å². The Balaban J connectivity index is 1.44. The second kappa shape index (κ2) is 6.97. The summed E-state index contributed by atoms with van der Waals surface area (Å²) in [7, 11) is 0. The van der Waals surface area contributed by atoms with Crippen LogP contribution in [0.4, 0.5) is 23.0 Å². The Morgan fingerprint density at radius 1 is 1.03 bits per heavy atom. The average molecular weight is 393 g/mol. The molecule has 6 rings (SSSR count). The number of nitrogens with one attached hydrogen (secondary N) is 2. The zero-order valence-electron chi connectivity index (χ0n) is 16.7. The highest BCUT2D eigenvalue weighted by Gasteiger charge is 2.51. The number of aromatic nitrogens is 2. The molecule has 7 heteroatoms. The van der Waals surface area contributed by atoms with Gasteiger partial charge in [-0.15, -0.1) is 0 Å². The Kier molecular flexibility index (Phi) is 4.41. The third-order valence-electron chi connectivity index (χ3n) is 7.05. The first-order valence-corrected chi connectivity index (χ1v) is 10.7. The molecule has 4 saturated carbocycles. The van der Waals surface area contributed by atoms with Gasteiger partial charge in [0.05, 0.1) is 4.92 Å². The number of anilines is 3. The molecule has 0 amide bonds. The van der Waals surface area contributed by atoms with Crippen molar-refractivity contribution >= 4 is 23.0 Å². The van der Waals surface area contributed by atoms with Crippen LogP contribution in [0.3, 0.4) is 0 Å². The topological polar surface area (TPSA) is 93.0 Å². The van der Waals surface area contributed by atoms with E-state index in [4.69, 9.17) is 0 Å². The van der Waals surface area contributed by atoms with Crippen LogP contribution in [0.1, 0.15) is 51.0 Å². The minimum atomic E-state index is -0.369. The highest BCUT2D eigenvalue weighted by atomic mass is 16.6. The fraction of sp³-hybridized carbons (Fsp3) is 0.545. The summed E-state index contributed by atoms with van der Waals surface area (Å²) < 4.78 is 0. The van der Waals surface area contributed by atoms with Crippen molar-refractivity contribution in [1.82, 2.24) is 9.97 Å². The summed E-state index contributed by atoms with van der Waals surface area (Å²) >= 11 is 0. The monoisotopic (exact) mass is 393 g/mol. The van der Waals surface area contributed by atoms with Gasteiger partial charge in [0.1, 0.15) is 6.33 Å². The third kappa shape index (κ3) is 3.43. The molecule has 1 heterocycles. The van der Waals surface area contributed by atoms with E-state index in [-0.39, 0.29) is 22.0 Å². The van der Waals surface area contributed by atoms with Gasteiger partial charge in [0.15, 0.2) is 0 Å². The molecule has 0 atom stereocenters. The van der Waals surface area contributed by atoms with Crippen molar-refractivity contribution in [3.63, 3.8) is 0 Å². The molecule has 7 nitrogen and oxygen atoms in total. The fourth-order valence-corrected chi connectivity index (χ4v) is 6.21. The molecule has 4 aliphatic rings. The van der Waals surface area contributed by atoms with Crippen LogP contribution in [0, 0.1) is 27.9 Å². The van der Waals surface area contributed by atoms with Crippen molar-refractivity contribution in [2.45, 2.75) is 57.4 Å². The van der Waals surface area contributed by atoms with Crippen LogP contribution in [0.2, 0.25) is 0 Å². The van der Waals surface area contributed by atoms with Gasteiger partial charge in [0, 0.05) is 11.2 Å². The van der Waals surface area contributed by atoms with Crippen LogP contribution in [-0.2, 0) is 6.42 Å². The summed E-state index contributed by atoms with van der Waals surface area (Å²) in [5.74, 6) is 2.85. The molecule has 4 aliphatic carbocycles. The van der Waals surface area contributed by atoms with Crippen molar-refractivity contribution in [1.29, 1.82) is 0 Å². The predicted molar refractivity (Wildman–Crippen MR) is 112 cm³/mol. The maximum Gasteiger partial charge on any atom is 0.353 e. The van der Waals surface area contributed by atoms with Crippen LogP contribution in [-0.4, -0.2) is 20.4 Å². The predicted octanol–water partition coefficient (Wildman–Crippen LogP) is 5.07. The van der Waals surface area contributed by atoms with Crippen molar-refractivity contribution in [3.8, 4) is 0 Å². The van der Waals surface area contributed by atoms with E-state index in [1.807, 2.05) is 24.3 Å². The molecule has 0 saturated heterocycles. The Bertz CT molecular complexity index is 892. The largest absolute Gasteiger partial charge is 0.359 e. The quantitative estimate of drug-likeness (QED) is 0.526. The van der Waals surface area contributed by atoms with Gasteiger partial charge >= 0.3 is 5.69 Å². The lowest BCUT2D eigenvalue weighted by Crippen LogP contribution is -2.55. The molecule has 0 radical (unpaired) electrons. The molecular formula is C22H27N5O2. The van der Waals surface area contributed by atoms with Gasteiger partial charge in [-0.3, -0.25) is 10.1 Å². The lowest BCUT2D eigenvalue weighted by Gasteiger charge is -2.57. The minimum absolute atomic E-state index is 0.0477. The van der Waals surface area contributed by atoms with E-state index >= 15 is 0 Å². The Labute approximate surface area is 170 Å². The smallest absolute Gasteiger partial charge is 0.353 e. The summed E-state index contributed by atoms with van der Waals surface area (Å²) in [5, 5.41) is 18.6. The Morgan fingerprint density at radius 3 is 2.17 bits per heavy atom. The van der Waals surface area contributed by atoms with E-state index in [2.05, 4.69) is 27.5 Å². The number of aryl methyl sites for hydroxylation is 1. The molecule has 29 heavy (non-hydrogen) atoms. The first-order valence-electron chi connectivity index (χ1n) is 10.7. The number of hydrogen-bond acceptors (Lipinski definition) is 6. The molecule has 1 aromatic heterocycles. The van der Waals surface area contributed by atoms with Gasteiger partial charge in [-0.25, -0.2) is 9.97 Å². The second-order valence-corrected chi connectivity index (χ2v) is 9.17. The van der Waals surface area contributed by atoms with Crippen LogP contribution >= 0.6 is 0 Å². The number of rotatable bonds is 6. The fourth-order valence-electron chi connectivity index (χ4n) is 6.21. The number of nitro groups is 1. The summed E-state index contributed by atoms with van der Waals surface area (Å²) in [4.78, 5) is 20.1. The summed E-state index contributed by atoms with van der Waals surface area (Å²) in [6, 6.07) is 7.89. The minimum Gasteiger partial charge on any atom is -0.359 e. The van der Waals surface area contributed by atoms with Gasteiger partial charge in [-0.1, -0.05) is 19.1 Å². The molecule has 1 aromatic carbocycles. The van der Waals surface area contributed by atoms with Crippen molar-refractivity contribution < 1.29 is 4.92 Å². The third-order valence-corrected chi connectivity index (χ3v) is 7.05. The van der Waals surface area contributed by atoms with Crippen LogP contribution in [0.25, 0.3) is 0 Å². The normalized spacial score (nSPS) is 29.6. The summed E-state index contributed by atoms with van der Waals surface area (Å²) in [5.41, 5.74) is 1.89. The molecule has 4 bridgehead atoms. The van der Waals surface area contributed by atoms with Gasteiger partial charge in [0.2, 0.25) is 11.6 Å². The molecule has 0 aliphatic heterocycles. The lowest BCUT2D eigenvalue weighted by atomic mass is 9.53. The second-order valence-electron chi connectivity index (χ2n) is 9.17. The molecule has 2 aromatic rings. The lowest BCUT2D eigenvalue weighted by molar-refractivity contribution is -0.383. The van der Waals surface area contributed by atoms with Crippen molar-refractivity contribution in [2.24, 2.45) is 17.8 Å². The standard InChI is InChI=1S/C22H27N5O2/c1-2-14-3-5-18(6-4-14)25-20-19(27(28)29)21(24-13-23-20)26-22-10-15-7-16(11-22)9-17(8-15)12-22/h3-6,13,15-17H,2,7-12H2,1H3,(H2,23,24,25,26). The van der Waals surface area contributed by atoms with Crippen LogP contribution in [0.15, 0.2) is 30.6 Å². The van der Waals surface area contributed by atoms with E-state index in [9.17, 15) is 10.1 Å². The molecule has 152 valence electrons. The van der Waals surface area contributed by atoms with Gasteiger partial charge < -0.3 is 10.6 Å². The van der Waals surface area contributed by atoms with Crippen molar-refractivity contribution in [2.75, 3.05) is 10.6 Å². The zero-order chi connectivity index (χ0) is 20.0. The van der Waals surface area contributed by atoms with E-state index in [1.165, 1.54) is 31.2 Å². The Hall–Kier alpha value is -2.70. The first-order chi connectivity index (χ1) is 14.0. The van der Waals surface area contributed by atoms with Crippen molar-refractivity contribution in [3.05, 3.63) is 46.3 Å². The number of nitrogens with zero attached hydrogens (tertiary/aromatic N) is 3. The average Bonchev–Trinajstić information content (AvgIpc) is 2.67. The van der Waals surface area contributed by atoms with E-state index in [0.29, 0.717) is 5.82 Å². The number of benzene rings is 1. The molecule has 0 spiro atoms. The Morgan fingerprint density at radius 2 is 1.62 bits per heavy atom.